The first-order valence-corrected chi connectivity index (χ1v) is 4.49. The summed E-state index contributed by atoms with van der Waals surface area (Å²) in [5.74, 6) is 0. The maximum atomic E-state index is 5.79. The zero-order chi connectivity index (χ0) is 8.15. The summed E-state index contributed by atoms with van der Waals surface area (Å²) in [6, 6.07) is 0. The Hall–Kier alpha value is 0.830. The molecule has 1 N–H and O–H groups in total. The van der Waals surface area contributed by atoms with Gasteiger partial charge in [-0.05, 0) is 13.8 Å². The minimum Gasteiger partial charge on any atom is -1.00 e. The largest absolute Gasteiger partial charge is 1.00 e. The Bertz CT molecular complexity index is 75.8. The van der Waals surface area contributed by atoms with Gasteiger partial charge in [-0.25, -0.2) is 0 Å². The van der Waals surface area contributed by atoms with Gasteiger partial charge in [0, 0.05) is 0 Å². The maximum absolute atomic E-state index is 5.79. The van der Waals surface area contributed by atoms with E-state index < -0.39 is 0 Å². The molecule has 0 aromatic carbocycles. The van der Waals surface area contributed by atoms with Crippen LogP contribution >= 0.6 is 23.2 Å². The highest BCUT2D eigenvalue weighted by Crippen LogP contribution is 1.89. The molecule has 0 radical (unpaired) electrons. The van der Waals surface area contributed by atoms with Gasteiger partial charge in [0.1, 0.15) is 0 Å². The lowest BCUT2D eigenvalue weighted by Gasteiger charge is -2.15. The van der Waals surface area contributed by atoms with E-state index >= 15 is 0 Å². The molecular formula is C7H16Cl3N. The molecule has 0 aliphatic carbocycles. The lowest BCUT2D eigenvalue weighted by molar-refractivity contribution is -0.878. The van der Waals surface area contributed by atoms with Crippen LogP contribution in [0.15, 0.2) is 0 Å². The topological polar surface area (TPSA) is 4.44 Å². The Morgan fingerprint density at radius 3 is 1.55 bits per heavy atom. The van der Waals surface area contributed by atoms with Crippen molar-refractivity contribution in [3.63, 3.8) is 0 Å². The lowest BCUT2D eigenvalue weighted by atomic mass is 10.4. The zero-order valence-corrected chi connectivity index (χ0v) is 9.47. The van der Waals surface area contributed by atoms with Gasteiger partial charge in [-0.15, -0.1) is 23.2 Å². The van der Waals surface area contributed by atoms with Crippen molar-refractivity contribution in [2.45, 2.75) is 24.6 Å². The average molecular weight is 221 g/mol. The fourth-order valence-electron chi connectivity index (χ4n) is 1.04. The van der Waals surface area contributed by atoms with Gasteiger partial charge in [-0.1, -0.05) is 0 Å². The first kappa shape index (κ1) is 14.4. The van der Waals surface area contributed by atoms with Crippen molar-refractivity contribution in [2.75, 3.05) is 20.1 Å². The van der Waals surface area contributed by atoms with Gasteiger partial charge in [-0.3, -0.25) is 0 Å². The zero-order valence-electron chi connectivity index (χ0n) is 7.20. The van der Waals surface area contributed by atoms with Gasteiger partial charge >= 0.3 is 0 Å². The Morgan fingerprint density at radius 1 is 1.09 bits per heavy atom. The number of nitrogens with one attached hydrogen (secondary N) is 1. The van der Waals surface area contributed by atoms with Crippen molar-refractivity contribution in [2.24, 2.45) is 0 Å². The van der Waals surface area contributed by atoms with Gasteiger partial charge in [0.25, 0.3) is 0 Å². The van der Waals surface area contributed by atoms with E-state index in [2.05, 4.69) is 7.05 Å². The van der Waals surface area contributed by atoms with Gasteiger partial charge in [0.05, 0.1) is 30.9 Å². The molecule has 0 spiro atoms. The van der Waals surface area contributed by atoms with E-state index in [0.29, 0.717) is 0 Å². The van der Waals surface area contributed by atoms with Crippen LogP contribution in [-0.4, -0.2) is 30.9 Å². The fourth-order valence-corrected chi connectivity index (χ4v) is 1.57. The summed E-state index contributed by atoms with van der Waals surface area (Å²) in [7, 11) is 2.11. The molecule has 4 heteroatoms. The Labute approximate surface area is 85.4 Å². The quantitative estimate of drug-likeness (QED) is 0.511. The molecule has 1 nitrogen and oxygen atoms in total. The van der Waals surface area contributed by atoms with E-state index in [4.69, 9.17) is 23.2 Å². The number of rotatable bonds is 4. The first-order chi connectivity index (χ1) is 4.52. The summed E-state index contributed by atoms with van der Waals surface area (Å²) in [6.07, 6.45) is 0. The number of quaternary nitrogens is 1. The van der Waals surface area contributed by atoms with E-state index in [-0.39, 0.29) is 23.2 Å². The first-order valence-electron chi connectivity index (χ1n) is 3.61. The van der Waals surface area contributed by atoms with Crippen molar-refractivity contribution in [3.8, 4) is 0 Å². The maximum Gasteiger partial charge on any atom is 0.0932 e. The van der Waals surface area contributed by atoms with Crippen LogP contribution in [0.3, 0.4) is 0 Å². The molecule has 0 heterocycles. The standard InChI is InChI=1S/C7H15Cl2N.ClH/c1-6(8)4-10(3)5-7(2)9;/h6-7H,4-5H2,1-3H3;1H. The van der Waals surface area contributed by atoms with Crippen LogP contribution in [0, 0.1) is 0 Å². The van der Waals surface area contributed by atoms with Crippen LogP contribution in [0.1, 0.15) is 13.8 Å². The molecule has 0 rings (SSSR count). The number of halogens is 3. The minimum absolute atomic E-state index is 0. The summed E-state index contributed by atoms with van der Waals surface area (Å²) >= 11 is 11.6. The fraction of sp³-hybridized carbons (Fsp3) is 1.00. The Balaban J connectivity index is 0. The second-order valence-electron chi connectivity index (χ2n) is 2.93. The van der Waals surface area contributed by atoms with E-state index in [0.717, 1.165) is 13.1 Å². The molecule has 0 aromatic heterocycles. The third-order valence-electron chi connectivity index (χ3n) is 1.26. The van der Waals surface area contributed by atoms with Crippen molar-refractivity contribution < 1.29 is 17.3 Å². The van der Waals surface area contributed by atoms with Crippen molar-refractivity contribution in [1.29, 1.82) is 0 Å². The normalized spacial score (nSPS) is 18.3. The molecule has 2 unspecified atom stereocenters. The Kier molecular flexibility index (Phi) is 9.76. The van der Waals surface area contributed by atoms with Crippen molar-refractivity contribution >= 4 is 23.2 Å². The summed E-state index contributed by atoms with van der Waals surface area (Å²) in [4.78, 5) is 1.39. The van der Waals surface area contributed by atoms with Crippen LogP contribution in [0.4, 0.5) is 0 Å². The molecular weight excluding hydrogens is 204 g/mol. The smallest absolute Gasteiger partial charge is 0.0932 e. The summed E-state index contributed by atoms with van der Waals surface area (Å²) in [6.45, 7) is 5.98. The van der Waals surface area contributed by atoms with Gasteiger partial charge < -0.3 is 17.3 Å². The molecule has 70 valence electrons. The highest BCUT2D eigenvalue weighted by molar-refractivity contribution is 6.20. The average Bonchev–Trinajstić information content (AvgIpc) is 1.58. The predicted molar refractivity (Wildman–Crippen MR) is 47.3 cm³/mol. The summed E-state index contributed by atoms with van der Waals surface area (Å²) < 4.78 is 0. The molecule has 0 aromatic rings. The van der Waals surface area contributed by atoms with Crippen LogP contribution in [0.5, 0.6) is 0 Å². The third-order valence-corrected chi connectivity index (χ3v) is 1.57. The molecule has 11 heavy (non-hydrogen) atoms. The van der Waals surface area contributed by atoms with E-state index in [1.807, 2.05) is 13.8 Å². The highest BCUT2D eigenvalue weighted by atomic mass is 35.5. The van der Waals surface area contributed by atoms with E-state index in [1.54, 1.807) is 0 Å². The second kappa shape index (κ2) is 7.48. The van der Waals surface area contributed by atoms with E-state index in [1.165, 1.54) is 4.90 Å². The third kappa shape index (κ3) is 10.8. The van der Waals surface area contributed by atoms with Gasteiger partial charge in [0.15, 0.2) is 0 Å². The van der Waals surface area contributed by atoms with Gasteiger partial charge in [0.2, 0.25) is 0 Å². The molecule has 0 aliphatic rings. The van der Waals surface area contributed by atoms with Gasteiger partial charge in [-0.2, -0.15) is 0 Å². The van der Waals surface area contributed by atoms with Crippen molar-refractivity contribution in [3.05, 3.63) is 0 Å². The molecule has 0 fully saturated rings. The summed E-state index contributed by atoms with van der Waals surface area (Å²) in [5.41, 5.74) is 0. The number of hydrogen-bond donors (Lipinski definition) is 1. The van der Waals surface area contributed by atoms with Crippen LogP contribution in [0.25, 0.3) is 0 Å². The molecule has 0 aliphatic heterocycles. The number of hydrogen-bond acceptors (Lipinski definition) is 0. The van der Waals surface area contributed by atoms with E-state index in [9.17, 15) is 0 Å². The lowest BCUT2D eigenvalue weighted by Crippen LogP contribution is -3.10. The molecule has 0 saturated carbocycles. The predicted octanol–water partition coefficient (Wildman–Crippen LogP) is -2.24. The van der Waals surface area contributed by atoms with Crippen LogP contribution < -0.4 is 17.3 Å². The monoisotopic (exact) mass is 219 g/mol. The second-order valence-corrected chi connectivity index (χ2v) is 4.42. The number of alkyl halides is 2. The molecule has 2 atom stereocenters. The Morgan fingerprint density at radius 2 is 1.36 bits per heavy atom. The summed E-state index contributed by atoms with van der Waals surface area (Å²) in [5, 5.41) is 0.492. The highest BCUT2D eigenvalue weighted by Gasteiger charge is 2.08. The van der Waals surface area contributed by atoms with Crippen LogP contribution in [0.2, 0.25) is 0 Å². The minimum atomic E-state index is 0. The SMILES string of the molecule is CC(Cl)C[NH+](C)CC(C)Cl.[Cl-]. The van der Waals surface area contributed by atoms with Crippen LogP contribution in [-0.2, 0) is 0 Å². The molecule has 0 saturated heterocycles. The molecule has 0 bridgehead atoms. The van der Waals surface area contributed by atoms with Crippen molar-refractivity contribution in [1.82, 2.24) is 0 Å². The molecule has 0 amide bonds.